The molecule has 2 bridgehead atoms. The maximum Gasteiger partial charge on any atom is 0.308 e. The number of ketones is 1. The molecule has 0 radical (unpaired) electrons. The van der Waals surface area contributed by atoms with Gasteiger partial charge in [0, 0.05) is 44.0 Å². The molecule has 3 aliphatic heterocycles. The Hall–Kier alpha value is -4.16. The molecule has 2 saturated heterocycles. The molecule has 1 aliphatic carbocycles. The quantitative estimate of drug-likeness (QED) is 0.120. The van der Waals surface area contributed by atoms with E-state index in [1.165, 1.54) is 7.11 Å². The zero-order valence-electron chi connectivity index (χ0n) is 42.9. The Morgan fingerprint density at radius 1 is 0.930 bits per heavy atom. The monoisotopic (exact) mass is 992 g/mol. The van der Waals surface area contributed by atoms with Crippen LogP contribution in [0.2, 0.25) is 0 Å². The minimum atomic E-state index is -1.25. The Balaban J connectivity index is 1.31. The number of nitrogens with zero attached hydrogens (tertiary/aromatic N) is 3. The summed E-state index contributed by atoms with van der Waals surface area (Å²) in [6.45, 7) is 9.69. The van der Waals surface area contributed by atoms with E-state index in [4.69, 9.17) is 42.7 Å². The van der Waals surface area contributed by atoms with E-state index in [-0.39, 0.29) is 51.2 Å². The summed E-state index contributed by atoms with van der Waals surface area (Å²) in [5, 5.41) is 38.9. The van der Waals surface area contributed by atoms with Gasteiger partial charge in [0.15, 0.2) is 18.7 Å². The molecule has 3 fully saturated rings. The van der Waals surface area contributed by atoms with E-state index in [0.717, 1.165) is 16.5 Å². The molecule has 17 nitrogen and oxygen atoms in total. The van der Waals surface area contributed by atoms with E-state index in [2.05, 4.69) is 22.0 Å². The summed E-state index contributed by atoms with van der Waals surface area (Å²) in [6.07, 6.45) is -1.21. The van der Waals surface area contributed by atoms with Gasteiger partial charge in [-0.25, -0.2) is 4.98 Å². The van der Waals surface area contributed by atoms with Gasteiger partial charge in [0.2, 0.25) is 0 Å². The first-order chi connectivity index (χ1) is 34.1. The van der Waals surface area contributed by atoms with Gasteiger partial charge in [-0.3, -0.25) is 9.59 Å². The average Bonchev–Trinajstić information content (AvgIpc) is 3.37. The molecule has 1 saturated carbocycles. The summed E-state index contributed by atoms with van der Waals surface area (Å²) in [5.74, 6) is 3.54. The third-order valence-corrected chi connectivity index (χ3v) is 14.3. The zero-order chi connectivity index (χ0) is 51.2. The molecule has 4 heterocycles. The molecule has 71 heavy (non-hydrogen) atoms. The van der Waals surface area contributed by atoms with Crippen LogP contribution in [0.25, 0.3) is 10.9 Å². The predicted molar refractivity (Wildman–Crippen MR) is 265 cm³/mol. The van der Waals surface area contributed by atoms with Crippen molar-refractivity contribution in [3.8, 4) is 11.8 Å². The van der Waals surface area contributed by atoms with Gasteiger partial charge in [-0.05, 0) is 90.1 Å². The summed E-state index contributed by atoms with van der Waals surface area (Å²) >= 11 is 0. The van der Waals surface area contributed by atoms with Crippen molar-refractivity contribution in [2.75, 3.05) is 61.3 Å². The lowest BCUT2D eigenvalue weighted by Crippen LogP contribution is -2.63. The number of oxime groups is 1. The van der Waals surface area contributed by atoms with Crippen molar-refractivity contribution in [3.63, 3.8) is 0 Å². The highest BCUT2D eigenvalue weighted by Crippen LogP contribution is 2.36. The number of hydrogen-bond acceptors (Lipinski definition) is 17. The molecular formula is C54H77N3O14. The van der Waals surface area contributed by atoms with Crippen LogP contribution in [0.1, 0.15) is 78.8 Å². The molecule has 3 N–H and O–H groups in total. The van der Waals surface area contributed by atoms with E-state index in [9.17, 15) is 24.9 Å². The number of ether oxygens (including phenoxy) is 8. The summed E-state index contributed by atoms with van der Waals surface area (Å²) in [5.41, 5.74) is 2.64. The van der Waals surface area contributed by atoms with E-state index >= 15 is 0 Å². The number of para-hydroxylation sites is 1. The van der Waals surface area contributed by atoms with E-state index in [1.54, 1.807) is 45.2 Å². The normalized spacial score (nSPS) is 36.8. The van der Waals surface area contributed by atoms with Crippen LogP contribution in [0.3, 0.4) is 0 Å². The van der Waals surface area contributed by atoms with Gasteiger partial charge in [0.25, 0.3) is 0 Å². The van der Waals surface area contributed by atoms with Crippen LogP contribution in [-0.4, -0.2) is 177 Å². The van der Waals surface area contributed by atoms with Crippen LogP contribution in [0.5, 0.6) is 0 Å². The lowest BCUT2D eigenvalue weighted by Gasteiger charge is -2.47. The van der Waals surface area contributed by atoms with Crippen LogP contribution in [-0.2, 0) is 52.3 Å². The first kappa shape index (κ1) is 56.1. The highest BCUT2D eigenvalue weighted by molar-refractivity contribution is 5.91. The molecule has 0 amide bonds. The molecule has 6 rings (SSSR count). The second-order valence-electron chi connectivity index (χ2n) is 19.7. The third-order valence-electron chi connectivity index (χ3n) is 14.3. The lowest BCUT2D eigenvalue weighted by atomic mass is 9.79. The second-order valence-corrected chi connectivity index (χ2v) is 19.7. The van der Waals surface area contributed by atoms with Crippen LogP contribution in [0.15, 0.2) is 65.4 Å². The largest absolute Gasteiger partial charge is 0.462 e. The van der Waals surface area contributed by atoms with Crippen molar-refractivity contribution < 1.29 is 67.6 Å². The number of cyclic esters (lactones) is 1. The van der Waals surface area contributed by atoms with Crippen molar-refractivity contribution in [2.24, 2.45) is 28.8 Å². The number of carbonyl (C=O) groups is 2. The number of benzene rings is 1. The molecule has 2 aromatic rings. The molecule has 1 aromatic carbocycles. The highest BCUT2D eigenvalue weighted by Gasteiger charge is 2.48. The fourth-order valence-electron chi connectivity index (χ4n) is 10.3. The molecule has 16 atom stereocenters. The number of aromatic nitrogens is 1. The van der Waals surface area contributed by atoms with E-state index in [1.807, 2.05) is 70.2 Å². The number of methoxy groups -OCH3 is 2. The topological polar surface area (TPSA) is 206 Å². The standard InChI is InChI=1S/C54H77N3O14/c1-10-44-38(29-66-45-22-21-43(59)52(63-8)53(45)64-9)26-32(2)17-20-42(58)33(3)27-37-23-25-65-30-40(56-68-24-13-15-39-19-18-36-14-11-12-16-41(36)55-39)31-67-46(28-47(60)70-44)34(4)51(37)71-54-50(62)48(57(6)7)49(61)35(5)69-54/h11-12,14,16-20,26,33-35,37-38,43-46,48-54,59,61-62H,10,21-25,27-31H2,1-9H3/b20-17+,32-26+,56-40+/t33-,34+,35-,37?,38-,43-,44-,45-,46-,48+,49-,50-,51-,52-,53+,54+/m1/s1. The maximum absolute atomic E-state index is 14.5. The van der Waals surface area contributed by atoms with Crippen LogP contribution < -0.4 is 0 Å². The fraction of sp³-hybridized carbons (Fsp3) is 0.667. The molecule has 1 aromatic heterocycles. The van der Waals surface area contributed by atoms with Crippen LogP contribution in [0.4, 0.5) is 0 Å². The van der Waals surface area contributed by atoms with Gasteiger partial charge < -0.3 is 63.0 Å². The first-order valence-electron chi connectivity index (χ1n) is 25.1. The van der Waals surface area contributed by atoms with Gasteiger partial charge in [-0.2, -0.15) is 0 Å². The summed E-state index contributed by atoms with van der Waals surface area (Å²) in [4.78, 5) is 40.6. The third kappa shape index (κ3) is 15.2. The minimum Gasteiger partial charge on any atom is -0.462 e. The number of aliphatic hydroxyl groups excluding tert-OH is 3. The zero-order valence-corrected chi connectivity index (χ0v) is 42.9. The number of pyridine rings is 1. The number of likely N-dealkylation sites (N-methyl/N-ethyl adjacent to an activating group) is 1. The molecule has 392 valence electrons. The minimum absolute atomic E-state index is 0.0354. The Labute approximate surface area is 419 Å². The number of esters is 1. The Morgan fingerprint density at radius 2 is 1.70 bits per heavy atom. The Morgan fingerprint density at radius 3 is 2.45 bits per heavy atom. The number of allylic oxidation sites excluding steroid dienone is 3. The van der Waals surface area contributed by atoms with Crippen LogP contribution in [0, 0.1) is 35.5 Å². The van der Waals surface area contributed by atoms with Crippen LogP contribution >= 0.6 is 0 Å². The summed E-state index contributed by atoms with van der Waals surface area (Å²) in [7, 11) is 6.65. The smallest absolute Gasteiger partial charge is 0.308 e. The maximum atomic E-state index is 14.5. The highest BCUT2D eigenvalue weighted by atomic mass is 16.7. The van der Waals surface area contributed by atoms with Crippen molar-refractivity contribution in [1.29, 1.82) is 0 Å². The van der Waals surface area contributed by atoms with Gasteiger partial charge in [-0.15, -0.1) is 0 Å². The van der Waals surface area contributed by atoms with E-state index < -0.39 is 97.1 Å². The average molecular weight is 992 g/mol. The number of hydrogen-bond donors (Lipinski definition) is 3. The molecule has 17 heteroatoms. The number of aliphatic hydroxyl groups is 3. The van der Waals surface area contributed by atoms with Gasteiger partial charge >= 0.3 is 5.97 Å². The fourth-order valence-corrected chi connectivity index (χ4v) is 10.3. The Bertz CT molecular complexity index is 2190. The summed E-state index contributed by atoms with van der Waals surface area (Å²) in [6, 6.07) is 10.9. The SMILES string of the molecule is CC[C@H]1OC(=O)C[C@H]2OC/C(=N/OCC#Cc3ccc4ccccc4n3)COCCC(C[C@@H](C)C(=O)/C=C/C(C)=C/[C@@H]1CO[C@@H]1CC[C@@H](O)[C@@H](OC)[C@H]1OC)[C@H](O[C@@H]1O[C@H](C)[C@@H](O)[C@H](N(C)C)[C@H]1O)[C@H]2C. The van der Waals surface area contributed by atoms with Crippen molar-refractivity contribution in [1.82, 2.24) is 9.88 Å². The van der Waals surface area contributed by atoms with Crippen molar-refractivity contribution in [2.45, 2.75) is 147 Å². The van der Waals surface area contributed by atoms with Crippen molar-refractivity contribution >= 4 is 28.4 Å². The Kier molecular flexibility index (Phi) is 21.5. The lowest BCUT2D eigenvalue weighted by molar-refractivity contribution is -0.305. The van der Waals surface area contributed by atoms with E-state index in [0.29, 0.717) is 43.5 Å². The van der Waals surface area contributed by atoms with Gasteiger partial charge in [0.05, 0.1) is 74.4 Å². The molecule has 4 aliphatic rings. The summed E-state index contributed by atoms with van der Waals surface area (Å²) < 4.78 is 50.3. The predicted octanol–water partition coefficient (Wildman–Crippen LogP) is 4.81. The number of carbonyl (C=O) groups excluding carboxylic acids is 2. The van der Waals surface area contributed by atoms with Gasteiger partial charge in [0.1, 0.15) is 35.8 Å². The first-order valence-corrected chi connectivity index (χ1v) is 25.1. The molecular weight excluding hydrogens is 915 g/mol. The van der Waals surface area contributed by atoms with Crippen molar-refractivity contribution in [3.05, 3.63) is 65.9 Å². The number of fused-ring (bicyclic) bond motifs is 4. The second kappa shape index (κ2) is 27.2. The number of rotatable bonds is 11. The molecule has 0 spiro atoms. The molecule has 1 unspecified atom stereocenters. The van der Waals surface area contributed by atoms with Gasteiger partial charge in [-0.1, -0.05) is 73.8 Å².